The van der Waals surface area contributed by atoms with Crippen molar-refractivity contribution in [2.45, 2.75) is 26.5 Å². The molecule has 0 aromatic heterocycles. The third kappa shape index (κ3) is 4.60. The van der Waals surface area contributed by atoms with Crippen LogP contribution in [0.3, 0.4) is 0 Å². The molecule has 0 atom stereocenters. The Kier molecular flexibility index (Phi) is 5.92. The highest BCUT2D eigenvalue weighted by Crippen LogP contribution is 2.18. The summed E-state index contributed by atoms with van der Waals surface area (Å²) < 4.78 is 5.68. The highest BCUT2D eigenvalue weighted by atomic mass is 16.5. The Balaban J connectivity index is 1.55. The second-order valence-corrected chi connectivity index (χ2v) is 6.79. The van der Waals surface area contributed by atoms with E-state index < -0.39 is 36.3 Å². The van der Waals surface area contributed by atoms with Gasteiger partial charge in [-0.1, -0.05) is 30.3 Å². The number of ether oxygens (including phenoxy) is 1. The Hall–Kier alpha value is -3.68. The summed E-state index contributed by atoms with van der Waals surface area (Å²) in [6, 6.07) is 15.2. The zero-order chi connectivity index (χ0) is 21.0. The largest absolute Gasteiger partial charge is 0.489 e. The molecule has 8 heteroatoms. The predicted octanol–water partition coefficient (Wildman–Crippen LogP) is 2.40. The zero-order valence-electron chi connectivity index (χ0n) is 16.1. The first-order valence-electron chi connectivity index (χ1n) is 9.12. The number of amides is 5. The molecule has 1 saturated heterocycles. The molecule has 1 aliphatic rings. The van der Waals surface area contributed by atoms with Crippen molar-refractivity contribution in [3.8, 4) is 5.75 Å². The number of hydrogen-bond acceptors (Lipinski definition) is 5. The molecule has 5 amide bonds. The van der Waals surface area contributed by atoms with Crippen molar-refractivity contribution in [3.63, 3.8) is 0 Å². The molecule has 0 radical (unpaired) electrons. The van der Waals surface area contributed by atoms with Crippen LogP contribution in [0.1, 0.15) is 19.4 Å². The van der Waals surface area contributed by atoms with Crippen LogP contribution >= 0.6 is 0 Å². The van der Waals surface area contributed by atoms with E-state index in [4.69, 9.17) is 4.74 Å². The van der Waals surface area contributed by atoms with E-state index in [-0.39, 0.29) is 0 Å². The highest BCUT2D eigenvalue weighted by Gasteiger charge is 2.46. The van der Waals surface area contributed by atoms with Gasteiger partial charge in [-0.2, -0.15) is 0 Å². The molecule has 8 nitrogen and oxygen atoms in total. The van der Waals surface area contributed by atoms with Gasteiger partial charge < -0.3 is 10.1 Å². The molecular formula is C21H21N3O5. The monoisotopic (exact) mass is 395 g/mol. The van der Waals surface area contributed by atoms with Crippen molar-refractivity contribution in [2.24, 2.45) is 0 Å². The molecule has 0 bridgehead atoms. The minimum Gasteiger partial charge on any atom is -0.489 e. The summed E-state index contributed by atoms with van der Waals surface area (Å²) in [5.41, 5.74) is 1.52. The van der Waals surface area contributed by atoms with Gasteiger partial charge in [0.15, 0.2) is 0 Å². The van der Waals surface area contributed by atoms with Gasteiger partial charge >= 0.3 is 17.8 Å². The van der Waals surface area contributed by atoms with Crippen molar-refractivity contribution in [3.05, 3.63) is 60.2 Å². The topological polar surface area (TPSA) is 96.0 Å². The normalized spacial score (nSPS) is 14.0. The van der Waals surface area contributed by atoms with Gasteiger partial charge in [-0.25, -0.2) is 9.69 Å². The maximum Gasteiger partial charge on any atom is 0.334 e. The fraction of sp³-hybridized carbons (Fsp3) is 0.238. The van der Waals surface area contributed by atoms with Crippen molar-refractivity contribution < 1.29 is 23.9 Å². The Morgan fingerprint density at radius 1 is 0.966 bits per heavy atom. The van der Waals surface area contributed by atoms with Gasteiger partial charge in [0.2, 0.25) is 5.91 Å². The summed E-state index contributed by atoms with van der Waals surface area (Å²) in [4.78, 5) is 49.8. The lowest BCUT2D eigenvalue weighted by molar-refractivity contribution is -0.144. The summed E-state index contributed by atoms with van der Waals surface area (Å²) >= 11 is 0. The standard InChI is InChI=1S/C21H21N3O5/c1-14(2)24-20(27)19(26)23(21(24)28)12-18(25)22-16-8-10-17(11-9-16)29-13-15-6-4-3-5-7-15/h3-11,14H,12-13H2,1-2H3,(H,22,25). The Morgan fingerprint density at radius 2 is 1.62 bits per heavy atom. The highest BCUT2D eigenvalue weighted by molar-refractivity contribution is 6.45. The molecule has 1 N–H and O–H groups in total. The lowest BCUT2D eigenvalue weighted by Gasteiger charge is -2.18. The minimum atomic E-state index is -0.997. The number of imide groups is 2. The molecule has 3 rings (SSSR count). The number of anilines is 1. The fourth-order valence-corrected chi connectivity index (χ4v) is 2.84. The molecule has 0 aliphatic carbocycles. The first-order chi connectivity index (χ1) is 13.9. The van der Waals surface area contributed by atoms with Gasteiger partial charge in [0.1, 0.15) is 18.9 Å². The van der Waals surface area contributed by atoms with E-state index in [9.17, 15) is 19.2 Å². The summed E-state index contributed by atoms with van der Waals surface area (Å²) in [5.74, 6) is -1.86. The average Bonchev–Trinajstić information content (AvgIpc) is 2.91. The first kappa shape index (κ1) is 20.1. The van der Waals surface area contributed by atoms with E-state index in [2.05, 4.69) is 5.32 Å². The van der Waals surface area contributed by atoms with Crippen LogP contribution in [0.2, 0.25) is 0 Å². The lowest BCUT2D eigenvalue weighted by Crippen LogP contribution is -2.40. The molecule has 29 heavy (non-hydrogen) atoms. The number of rotatable bonds is 7. The fourth-order valence-electron chi connectivity index (χ4n) is 2.84. The summed E-state index contributed by atoms with van der Waals surface area (Å²) in [7, 11) is 0. The third-order valence-corrected chi connectivity index (χ3v) is 4.29. The summed E-state index contributed by atoms with van der Waals surface area (Å²) in [6.07, 6.45) is 0. The molecule has 0 saturated carbocycles. The van der Waals surface area contributed by atoms with E-state index in [1.807, 2.05) is 30.3 Å². The molecule has 150 valence electrons. The van der Waals surface area contributed by atoms with Crippen molar-refractivity contribution in [2.75, 3.05) is 11.9 Å². The van der Waals surface area contributed by atoms with E-state index in [1.54, 1.807) is 38.1 Å². The van der Waals surface area contributed by atoms with Crippen LogP contribution < -0.4 is 10.1 Å². The van der Waals surface area contributed by atoms with E-state index in [0.29, 0.717) is 22.9 Å². The Labute approximate surface area is 168 Å². The molecule has 1 fully saturated rings. The van der Waals surface area contributed by atoms with Gasteiger partial charge in [-0.3, -0.25) is 19.3 Å². The van der Waals surface area contributed by atoms with Gasteiger partial charge in [0.05, 0.1) is 0 Å². The van der Waals surface area contributed by atoms with E-state index in [1.165, 1.54) is 0 Å². The van der Waals surface area contributed by atoms with E-state index in [0.717, 1.165) is 10.5 Å². The lowest BCUT2D eigenvalue weighted by atomic mass is 10.2. The predicted molar refractivity (Wildman–Crippen MR) is 105 cm³/mol. The van der Waals surface area contributed by atoms with Crippen molar-refractivity contribution >= 4 is 29.4 Å². The van der Waals surface area contributed by atoms with Gasteiger partial charge in [-0.15, -0.1) is 0 Å². The molecule has 1 heterocycles. The molecule has 2 aromatic rings. The number of urea groups is 1. The summed E-state index contributed by atoms with van der Waals surface area (Å²) in [5, 5.41) is 2.60. The minimum absolute atomic E-state index is 0.423. The summed E-state index contributed by atoms with van der Waals surface area (Å²) in [6.45, 7) is 3.13. The maximum absolute atomic E-state index is 12.2. The number of carbonyl (C=O) groups is 4. The second kappa shape index (κ2) is 8.55. The van der Waals surface area contributed by atoms with Gasteiger partial charge in [0.25, 0.3) is 0 Å². The van der Waals surface area contributed by atoms with Crippen LogP contribution in [-0.4, -0.2) is 46.1 Å². The number of nitrogens with one attached hydrogen (secondary N) is 1. The average molecular weight is 395 g/mol. The smallest absolute Gasteiger partial charge is 0.334 e. The maximum atomic E-state index is 12.2. The number of hydrogen-bond donors (Lipinski definition) is 1. The second-order valence-electron chi connectivity index (χ2n) is 6.79. The SMILES string of the molecule is CC(C)N1C(=O)C(=O)N(CC(=O)Nc2ccc(OCc3ccccc3)cc2)C1=O. The number of carbonyl (C=O) groups excluding carboxylic acids is 4. The van der Waals surface area contributed by atoms with Crippen molar-refractivity contribution in [1.29, 1.82) is 0 Å². The molecule has 0 unspecified atom stereocenters. The van der Waals surface area contributed by atoms with Crippen LogP contribution in [0.4, 0.5) is 10.5 Å². The van der Waals surface area contributed by atoms with Gasteiger partial charge in [0, 0.05) is 11.7 Å². The Bertz CT molecular complexity index is 925. The van der Waals surface area contributed by atoms with Gasteiger partial charge in [-0.05, 0) is 43.7 Å². The first-order valence-corrected chi connectivity index (χ1v) is 9.12. The quantitative estimate of drug-likeness (QED) is 0.574. The third-order valence-electron chi connectivity index (χ3n) is 4.29. The van der Waals surface area contributed by atoms with Crippen LogP contribution in [0, 0.1) is 0 Å². The molecule has 1 aliphatic heterocycles. The zero-order valence-corrected chi connectivity index (χ0v) is 16.1. The molecule has 0 spiro atoms. The van der Waals surface area contributed by atoms with Crippen LogP contribution in [-0.2, 0) is 21.0 Å². The van der Waals surface area contributed by atoms with Crippen LogP contribution in [0.15, 0.2) is 54.6 Å². The number of nitrogens with zero attached hydrogens (tertiary/aromatic N) is 2. The molecule has 2 aromatic carbocycles. The molecular weight excluding hydrogens is 374 g/mol. The van der Waals surface area contributed by atoms with Crippen LogP contribution in [0.25, 0.3) is 0 Å². The van der Waals surface area contributed by atoms with E-state index >= 15 is 0 Å². The van der Waals surface area contributed by atoms with Crippen LogP contribution in [0.5, 0.6) is 5.75 Å². The number of benzene rings is 2. The Morgan fingerprint density at radius 3 is 2.21 bits per heavy atom. The van der Waals surface area contributed by atoms with Crippen molar-refractivity contribution in [1.82, 2.24) is 9.80 Å².